The van der Waals surface area contributed by atoms with E-state index in [-0.39, 0.29) is 5.91 Å². The third-order valence-corrected chi connectivity index (χ3v) is 2.99. The summed E-state index contributed by atoms with van der Waals surface area (Å²) >= 11 is 0. The van der Waals surface area contributed by atoms with Crippen LogP contribution < -0.4 is 10.6 Å². The molecule has 7 heteroatoms. The molecule has 1 aromatic heterocycles. The molecular weight excluding hydrogens is 256 g/mol. The van der Waals surface area contributed by atoms with Crippen LogP contribution >= 0.6 is 0 Å². The van der Waals surface area contributed by atoms with Crippen molar-refractivity contribution in [3.05, 3.63) is 30.6 Å². The highest BCUT2D eigenvalue weighted by atomic mass is 16.1. The van der Waals surface area contributed by atoms with Gasteiger partial charge in [-0.15, -0.1) is 5.10 Å². The van der Waals surface area contributed by atoms with Gasteiger partial charge < -0.3 is 10.6 Å². The van der Waals surface area contributed by atoms with E-state index in [1.807, 2.05) is 31.2 Å². The van der Waals surface area contributed by atoms with E-state index >= 15 is 0 Å². The first-order valence-corrected chi connectivity index (χ1v) is 6.55. The Morgan fingerprint density at radius 3 is 2.70 bits per heavy atom. The molecule has 2 rings (SSSR count). The van der Waals surface area contributed by atoms with Crippen molar-refractivity contribution < 1.29 is 4.79 Å². The number of rotatable bonds is 6. The number of carbonyl (C=O) groups is 1. The van der Waals surface area contributed by atoms with Crippen molar-refractivity contribution in [2.75, 3.05) is 11.9 Å². The van der Waals surface area contributed by atoms with Gasteiger partial charge in [0.1, 0.15) is 6.33 Å². The summed E-state index contributed by atoms with van der Waals surface area (Å²) in [5.74, 6) is -0.0551. The lowest BCUT2D eigenvalue weighted by Crippen LogP contribution is -2.33. The average Bonchev–Trinajstić information content (AvgIpc) is 2.99. The number of hydrogen-bond donors (Lipinski definition) is 2. The van der Waals surface area contributed by atoms with E-state index < -0.39 is 0 Å². The van der Waals surface area contributed by atoms with E-state index in [4.69, 9.17) is 0 Å². The zero-order valence-electron chi connectivity index (χ0n) is 11.6. The minimum Gasteiger partial charge on any atom is -0.325 e. The minimum absolute atomic E-state index is 0.0551. The minimum atomic E-state index is -0.0551. The molecule has 0 radical (unpaired) electrons. The fourth-order valence-corrected chi connectivity index (χ4v) is 1.59. The van der Waals surface area contributed by atoms with Gasteiger partial charge in [-0.1, -0.05) is 6.92 Å². The summed E-state index contributed by atoms with van der Waals surface area (Å²) in [6.45, 7) is 4.44. The Hall–Kier alpha value is -2.28. The van der Waals surface area contributed by atoms with Gasteiger partial charge in [-0.25, -0.2) is 4.68 Å². The molecule has 0 aliphatic heterocycles. The second-order valence-electron chi connectivity index (χ2n) is 4.54. The molecule has 20 heavy (non-hydrogen) atoms. The summed E-state index contributed by atoms with van der Waals surface area (Å²) < 4.78 is 1.55. The lowest BCUT2D eigenvalue weighted by Gasteiger charge is -2.11. The van der Waals surface area contributed by atoms with Gasteiger partial charge in [0.25, 0.3) is 0 Å². The Morgan fingerprint density at radius 1 is 1.35 bits per heavy atom. The quantitative estimate of drug-likeness (QED) is 0.820. The third kappa shape index (κ3) is 3.86. The van der Waals surface area contributed by atoms with Gasteiger partial charge in [-0.05, 0) is 48.0 Å². The monoisotopic (exact) mass is 274 g/mol. The van der Waals surface area contributed by atoms with E-state index in [1.54, 1.807) is 4.68 Å². The SMILES string of the molecule is CCC(C)NCC(=O)Nc1ccc(-n2cnnn2)cc1. The Balaban J connectivity index is 1.89. The molecule has 2 N–H and O–H groups in total. The van der Waals surface area contributed by atoms with Crippen molar-refractivity contribution in [2.24, 2.45) is 0 Å². The van der Waals surface area contributed by atoms with Crippen LogP contribution in [0.4, 0.5) is 5.69 Å². The van der Waals surface area contributed by atoms with Crippen LogP contribution in [0.15, 0.2) is 30.6 Å². The van der Waals surface area contributed by atoms with Gasteiger partial charge in [0.2, 0.25) is 5.91 Å². The van der Waals surface area contributed by atoms with Crippen LogP contribution in [0.5, 0.6) is 0 Å². The lowest BCUT2D eigenvalue weighted by atomic mass is 10.2. The van der Waals surface area contributed by atoms with Gasteiger partial charge in [0, 0.05) is 11.7 Å². The largest absolute Gasteiger partial charge is 0.325 e. The highest BCUT2D eigenvalue weighted by Gasteiger charge is 2.05. The van der Waals surface area contributed by atoms with Crippen molar-refractivity contribution in [3.8, 4) is 5.69 Å². The maximum absolute atomic E-state index is 11.7. The Kier molecular flexibility index (Phi) is 4.78. The van der Waals surface area contributed by atoms with Gasteiger partial charge in [0.05, 0.1) is 12.2 Å². The van der Waals surface area contributed by atoms with Crippen LogP contribution in [0.2, 0.25) is 0 Å². The molecule has 1 aromatic carbocycles. The highest BCUT2D eigenvalue weighted by Crippen LogP contribution is 2.11. The number of hydrogen-bond acceptors (Lipinski definition) is 5. The van der Waals surface area contributed by atoms with E-state index in [0.717, 1.165) is 17.8 Å². The van der Waals surface area contributed by atoms with Gasteiger partial charge in [-0.2, -0.15) is 0 Å². The highest BCUT2D eigenvalue weighted by molar-refractivity contribution is 5.92. The normalized spacial score (nSPS) is 12.1. The molecule has 0 saturated heterocycles. The molecule has 0 spiro atoms. The number of aromatic nitrogens is 4. The Bertz CT molecular complexity index is 536. The topological polar surface area (TPSA) is 84.7 Å². The van der Waals surface area contributed by atoms with E-state index in [2.05, 4.69) is 33.1 Å². The van der Waals surface area contributed by atoms with Crippen LogP contribution in [0.25, 0.3) is 5.69 Å². The van der Waals surface area contributed by atoms with Crippen LogP contribution in [-0.2, 0) is 4.79 Å². The summed E-state index contributed by atoms with van der Waals surface area (Å²) in [5, 5.41) is 16.9. The number of carbonyl (C=O) groups excluding carboxylic acids is 1. The number of tetrazole rings is 1. The standard InChI is InChI=1S/C13H18N6O/c1-3-10(2)14-8-13(20)16-11-4-6-12(7-5-11)19-9-15-17-18-19/h4-7,9-10,14H,3,8H2,1-2H3,(H,16,20). The summed E-state index contributed by atoms with van der Waals surface area (Å²) in [6.07, 6.45) is 2.51. The molecule has 1 atom stereocenters. The molecule has 0 bridgehead atoms. The molecule has 0 saturated carbocycles. The maximum atomic E-state index is 11.7. The maximum Gasteiger partial charge on any atom is 0.238 e. The molecule has 7 nitrogen and oxygen atoms in total. The van der Waals surface area contributed by atoms with Crippen LogP contribution in [0.3, 0.4) is 0 Å². The van der Waals surface area contributed by atoms with Crippen molar-refractivity contribution in [1.82, 2.24) is 25.5 Å². The zero-order chi connectivity index (χ0) is 14.4. The molecule has 1 unspecified atom stereocenters. The molecule has 1 amide bonds. The predicted octanol–water partition coefficient (Wildman–Crippen LogP) is 0.989. The fourth-order valence-electron chi connectivity index (χ4n) is 1.59. The number of amides is 1. The van der Waals surface area contributed by atoms with Crippen molar-refractivity contribution in [2.45, 2.75) is 26.3 Å². The van der Waals surface area contributed by atoms with Gasteiger partial charge in [-0.3, -0.25) is 4.79 Å². The zero-order valence-corrected chi connectivity index (χ0v) is 11.6. The molecule has 106 valence electrons. The lowest BCUT2D eigenvalue weighted by molar-refractivity contribution is -0.115. The summed E-state index contributed by atoms with van der Waals surface area (Å²) in [7, 11) is 0. The van der Waals surface area contributed by atoms with Crippen molar-refractivity contribution in [3.63, 3.8) is 0 Å². The second kappa shape index (κ2) is 6.76. The van der Waals surface area contributed by atoms with Gasteiger partial charge >= 0.3 is 0 Å². The smallest absolute Gasteiger partial charge is 0.238 e. The number of benzene rings is 1. The first-order valence-electron chi connectivity index (χ1n) is 6.55. The summed E-state index contributed by atoms with van der Waals surface area (Å²) in [5.41, 5.74) is 1.59. The Morgan fingerprint density at radius 2 is 2.10 bits per heavy atom. The number of nitrogens with one attached hydrogen (secondary N) is 2. The first kappa shape index (κ1) is 14.1. The Labute approximate surface area is 117 Å². The predicted molar refractivity (Wildman–Crippen MR) is 75.5 cm³/mol. The molecule has 0 aliphatic rings. The number of nitrogens with zero attached hydrogens (tertiary/aromatic N) is 4. The summed E-state index contributed by atoms with van der Waals surface area (Å²) in [4.78, 5) is 11.7. The molecule has 1 heterocycles. The molecule has 0 aliphatic carbocycles. The van der Waals surface area contributed by atoms with E-state index in [0.29, 0.717) is 12.6 Å². The van der Waals surface area contributed by atoms with E-state index in [1.165, 1.54) is 6.33 Å². The summed E-state index contributed by atoms with van der Waals surface area (Å²) in [6, 6.07) is 7.65. The molecular formula is C13H18N6O. The van der Waals surface area contributed by atoms with Gasteiger partial charge in [0.15, 0.2) is 0 Å². The van der Waals surface area contributed by atoms with Crippen LogP contribution in [0, 0.1) is 0 Å². The molecule has 2 aromatic rings. The van der Waals surface area contributed by atoms with E-state index in [9.17, 15) is 4.79 Å². The van der Waals surface area contributed by atoms with Crippen LogP contribution in [0.1, 0.15) is 20.3 Å². The van der Waals surface area contributed by atoms with Crippen molar-refractivity contribution >= 4 is 11.6 Å². The van der Waals surface area contributed by atoms with Crippen molar-refractivity contribution in [1.29, 1.82) is 0 Å². The second-order valence-corrected chi connectivity index (χ2v) is 4.54. The third-order valence-electron chi connectivity index (χ3n) is 2.99. The first-order chi connectivity index (χ1) is 9.69. The number of anilines is 1. The molecule has 0 fully saturated rings. The van der Waals surface area contributed by atoms with Crippen LogP contribution in [-0.4, -0.2) is 38.7 Å². The fraction of sp³-hybridized carbons (Fsp3) is 0.385. The average molecular weight is 274 g/mol.